The van der Waals surface area contributed by atoms with Crippen molar-refractivity contribution in [1.82, 2.24) is 0 Å². The molecule has 37 heavy (non-hydrogen) atoms. The van der Waals surface area contributed by atoms with Gasteiger partial charge in [0.1, 0.15) is 6.61 Å². The highest BCUT2D eigenvalue weighted by atomic mass is 31.2. The molecule has 5 N–H and O–H groups in total. The first kappa shape index (κ1) is 30.7. The molecule has 0 unspecified atom stereocenters. The Labute approximate surface area is 217 Å². The summed E-state index contributed by atoms with van der Waals surface area (Å²) < 4.78 is 57.3. The molecule has 0 amide bonds. The van der Waals surface area contributed by atoms with Crippen LogP contribution in [0, 0.1) is 29.4 Å². The van der Waals surface area contributed by atoms with Crippen molar-refractivity contribution in [3.8, 4) is 5.75 Å². The third-order valence-corrected chi connectivity index (χ3v) is 12.1. The van der Waals surface area contributed by atoms with Crippen LogP contribution < -0.4 is 4.74 Å². The highest BCUT2D eigenvalue weighted by molar-refractivity contribution is 7.72. The zero-order valence-electron chi connectivity index (χ0n) is 21.3. The molecule has 8 nitrogen and oxygen atoms in total. The van der Waals surface area contributed by atoms with Crippen molar-refractivity contribution in [1.29, 1.82) is 0 Å². The molecule has 3 rings (SSSR count). The van der Waals surface area contributed by atoms with Gasteiger partial charge in [-0.2, -0.15) is 4.39 Å². The lowest BCUT2D eigenvalue weighted by molar-refractivity contribution is 0.0797. The van der Waals surface area contributed by atoms with Gasteiger partial charge >= 0.3 is 20.3 Å². The summed E-state index contributed by atoms with van der Waals surface area (Å²) in [7, 11) is -11.6. The first-order valence-electron chi connectivity index (χ1n) is 13.2. The Hall–Kier alpha value is -0.860. The lowest BCUT2D eigenvalue weighted by Gasteiger charge is -2.38. The van der Waals surface area contributed by atoms with E-state index < -0.39 is 44.3 Å². The molecule has 1 aromatic carbocycles. The van der Waals surface area contributed by atoms with Gasteiger partial charge in [0.25, 0.3) is 0 Å². The smallest absolute Gasteiger partial charge is 0.373 e. The summed E-state index contributed by atoms with van der Waals surface area (Å²) in [5, 5.41) is 6.01. The number of ether oxygens (including phenoxy) is 1. The Morgan fingerprint density at radius 1 is 0.865 bits per heavy atom. The predicted molar refractivity (Wildman–Crippen MR) is 135 cm³/mol. The molecule has 0 aromatic heterocycles. The zero-order valence-corrected chi connectivity index (χ0v) is 23.1. The van der Waals surface area contributed by atoms with E-state index in [1.807, 2.05) is 0 Å². The normalized spacial score (nSPS) is 25.7. The maximum absolute atomic E-state index is 14.9. The van der Waals surface area contributed by atoms with Crippen molar-refractivity contribution in [2.45, 2.75) is 95.0 Å². The zero-order chi connectivity index (χ0) is 27.4. The highest BCUT2D eigenvalue weighted by Crippen LogP contribution is 2.67. The molecule has 0 spiro atoms. The van der Waals surface area contributed by atoms with E-state index in [4.69, 9.17) is 4.74 Å². The Kier molecular flexibility index (Phi) is 10.4. The highest BCUT2D eigenvalue weighted by Gasteiger charge is 2.60. The van der Waals surface area contributed by atoms with Gasteiger partial charge < -0.3 is 29.4 Å². The predicted octanol–water partition coefficient (Wildman–Crippen LogP) is 6.01. The van der Waals surface area contributed by atoms with E-state index in [1.165, 1.54) is 57.4 Å². The fourth-order valence-electron chi connectivity index (χ4n) is 6.02. The van der Waals surface area contributed by atoms with Gasteiger partial charge in [-0.1, -0.05) is 51.5 Å². The van der Waals surface area contributed by atoms with Crippen molar-refractivity contribution in [3.63, 3.8) is 0 Å². The molecular weight excluding hydrogens is 528 g/mol. The molecule has 0 aliphatic heterocycles. The second kappa shape index (κ2) is 12.5. The van der Waals surface area contributed by atoms with E-state index in [0.717, 1.165) is 37.7 Å². The van der Waals surface area contributed by atoms with Gasteiger partial charge in [-0.25, -0.2) is 4.39 Å². The number of hydrogen-bond donors (Lipinski definition) is 5. The monoisotopic (exact) mass is 568 g/mol. The quantitative estimate of drug-likeness (QED) is 0.161. The molecule has 0 saturated heterocycles. The van der Waals surface area contributed by atoms with E-state index in [0.29, 0.717) is 11.8 Å². The van der Waals surface area contributed by atoms with Gasteiger partial charge in [0.05, 0.1) is 0 Å². The van der Waals surface area contributed by atoms with Crippen LogP contribution in [0.1, 0.15) is 95.5 Å². The van der Waals surface area contributed by atoms with E-state index in [9.17, 15) is 42.6 Å². The Balaban J connectivity index is 1.57. The maximum Gasteiger partial charge on any atom is 0.373 e. The van der Waals surface area contributed by atoms with E-state index >= 15 is 0 Å². The molecule has 0 radical (unpaired) electrons. The molecular formula is C25H40F2O8P2. The van der Waals surface area contributed by atoms with Gasteiger partial charge in [0.2, 0.25) is 5.82 Å². The minimum atomic E-state index is -5.78. The Morgan fingerprint density at radius 2 is 1.41 bits per heavy atom. The summed E-state index contributed by atoms with van der Waals surface area (Å²) in [5.41, 5.74) is 0.183. The average molecular weight is 569 g/mol. The van der Waals surface area contributed by atoms with E-state index in [2.05, 4.69) is 6.92 Å². The second-order valence-electron chi connectivity index (χ2n) is 10.8. The number of rotatable bonds is 11. The summed E-state index contributed by atoms with van der Waals surface area (Å²) >= 11 is 0. The molecule has 2 fully saturated rings. The van der Waals surface area contributed by atoms with Crippen molar-refractivity contribution in [2.75, 3.05) is 6.61 Å². The molecule has 0 heterocycles. The van der Waals surface area contributed by atoms with Crippen molar-refractivity contribution in [2.24, 2.45) is 17.8 Å². The largest absolute Gasteiger partial charge is 0.486 e. The molecule has 0 atom stereocenters. The summed E-state index contributed by atoms with van der Waals surface area (Å²) in [5.74, 6) is -1.43. The van der Waals surface area contributed by atoms with Crippen LogP contribution in [0.5, 0.6) is 5.75 Å². The van der Waals surface area contributed by atoms with Crippen molar-refractivity contribution >= 4 is 15.2 Å². The molecule has 2 saturated carbocycles. The van der Waals surface area contributed by atoms with Gasteiger partial charge in [-0.05, 0) is 73.8 Å². The minimum Gasteiger partial charge on any atom is -0.486 e. The number of halogens is 2. The van der Waals surface area contributed by atoms with Crippen LogP contribution in [0.25, 0.3) is 0 Å². The third-order valence-electron chi connectivity index (χ3n) is 8.42. The molecule has 2 aliphatic carbocycles. The van der Waals surface area contributed by atoms with Gasteiger partial charge in [0.15, 0.2) is 11.6 Å². The van der Waals surface area contributed by atoms with Crippen LogP contribution in [0.2, 0.25) is 0 Å². The van der Waals surface area contributed by atoms with Crippen LogP contribution >= 0.6 is 15.2 Å². The van der Waals surface area contributed by atoms with Crippen molar-refractivity contribution < 1.29 is 47.3 Å². The van der Waals surface area contributed by atoms with Crippen LogP contribution in [-0.2, 0) is 9.13 Å². The summed E-state index contributed by atoms with van der Waals surface area (Å²) in [4.78, 5) is 36.7. The number of aliphatic hydroxyl groups is 1. The average Bonchev–Trinajstić information content (AvgIpc) is 2.84. The number of benzene rings is 1. The fourth-order valence-corrected chi connectivity index (χ4v) is 7.84. The van der Waals surface area contributed by atoms with Crippen LogP contribution in [-0.4, -0.2) is 36.4 Å². The molecule has 0 bridgehead atoms. The summed E-state index contributed by atoms with van der Waals surface area (Å²) in [6.45, 7) is 0.601. The van der Waals surface area contributed by atoms with Gasteiger partial charge in [0, 0.05) is 0 Å². The van der Waals surface area contributed by atoms with Crippen LogP contribution in [0.4, 0.5) is 8.78 Å². The maximum atomic E-state index is 14.9. The topological polar surface area (TPSA) is 145 Å². The summed E-state index contributed by atoms with van der Waals surface area (Å²) in [6, 6.07) is 2.38. The molecule has 212 valence electrons. The first-order valence-corrected chi connectivity index (χ1v) is 16.4. The van der Waals surface area contributed by atoms with Gasteiger partial charge in [-0.15, -0.1) is 0 Å². The minimum absolute atomic E-state index is 0.174. The Morgan fingerprint density at radius 3 is 1.92 bits per heavy atom. The Bertz CT molecular complexity index is 973. The lowest BCUT2D eigenvalue weighted by atomic mass is 9.68. The van der Waals surface area contributed by atoms with Crippen LogP contribution in [0.3, 0.4) is 0 Å². The first-order chi connectivity index (χ1) is 17.3. The van der Waals surface area contributed by atoms with E-state index in [1.54, 1.807) is 0 Å². The van der Waals surface area contributed by atoms with Gasteiger partial charge in [-0.3, -0.25) is 9.13 Å². The molecule has 1 aromatic rings. The fraction of sp³-hybridized carbons (Fsp3) is 0.760. The number of unbranched alkanes of at least 4 members (excludes halogenated alkanes) is 2. The number of hydrogen-bond acceptors (Lipinski definition) is 4. The SMILES string of the molecule is CCCCCC1CCC(C2CCC(c3ccc(OCC(O)(P(=O)(O)O)P(=O)(O)O)c(F)c3F)CC2)CC1. The second-order valence-corrected chi connectivity index (χ2v) is 14.8. The molecule has 2 aliphatic rings. The standard InChI is InChI=1S/C25H40F2O8P2/c1-2-3-4-5-17-6-8-18(9-7-17)19-10-12-20(13-11-19)21-14-15-22(24(27)23(21)26)35-16-25(28,36(29,30)31)37(32,33)34/h14-15,17-20,28H,2-13,16H2,1H3,(H2,29,30,31)(H2,32,33,34). The third kappa shape index (κ3) is 7.21. The van der Waals surface area contributed by atoms with Crippen molar-refractivity contribution in [3.05, 3.63) is 29.3 Å². The molecule has 12 heteroatoms. The van der Waals surface area contributed by atoms with Crippen LogP contribution in [0.15, 0.2) is 12.1 Å². The lowest BCUT2D eigenvalue weighted by Crippen LogP contribution is -2.35. The van der Waals surface area contributed by atoms with E-state index in [-0.39, 0.29) is 11.5 Å². The summed E-state index contributed by atoms with van der Waals surface area (Å²) in [6.07, 6.45) is 13.6.